The summed E-state index contributed by atoms with van der Waals surface area (Å²) < 4.78 is 15.1. The van der Waals surface area contributed by atoms with Gasteiger partial charge in [0, 0.05) is 69.9 Å². The number of carbonyl (C=O) groups excluding carboxylic acids is 4. The fraction of sp³-hybridized carbons (Fsp3) is 0.463. The molecule has 3 saturated heterocycles. The average molecular weight is 797 g/mol. The second-order valence-electron chi connectivity index (χ2n) is 15.9. The van der Waals surface area contributed by atoms with Crippen LogP contribution in [-0.2, 0) is 11.2 Å². The number of alkyl halides is 1. The number of urea groups is 1. The zero-order chi connectivity index (χ0) is 39.4. The molecule has 0 unspecified atom stereocenters. The van der Waals surface area contributed by atoms with Gasteiger partial charge in [-0.05, 0) is 92.4 Å². The highest BCUT2D eigenvalue weighted by atomic mass is 35.5. The van der Waals surface area contributed by atoms with Crippen molar-refractivity contribution in [2.75, 3.05) is 68.0 Å². The van der Waals surface area contributed by atoms with Crippen molar-refractivity contribution < 1.29 is 23.6 Å². The van der Waals surface area contributed by atoms with Crippen molar-refractivity contribution >= 4 is 63.9 Å². The van der Waals surface area contributed by atoms with Gasteiger partial charge in [-0.15, -0.1) is 5.10 Å². The molecule has 0 spiro atoms. The Hall–Kier alpha value is -5.28. The van der Waals surface area contributed by atoms with Gasteiger partial charge >= 0.3 is 6.03 Å². The molecule has 2 aromatic carbocycles. The second-order valence-corrected chi connectivity index (χ2v) is 16.3. The van der Waals surface area contributed by atoms with E-state index in [4.69, 9.17) is 16.7 Å². The van der Waals surface area contributed by atoms with Gasteiger partial charge in [0.2, 0.25) is 5.91 Å². The molecule has 298 valence electrons. The number of carbonyl (C=O) groups is 4. The van der Waals surface area contributed by atoms with E-state index < -0.39 is 18.2 Å². The Morgan fingerprint density at radius 3 is 2.46 bits per heavy atom. The molecule has 2 atom stereocenters. The Labute approximate surface area is 334 Å². The number of imide groups is 1. The Kier molecular flexibility index (Phi) is 9.97. The number of imidazole rings is 1. The summed E-state index contributed by atoms with van der Waals surface area (Å²) in [7, 11) is 1.82. The SMILES string of the molecule is CNc1cc(N2CCc3c(C4CCN(CC5CCN(C(=O)c6ccc(Cl)c(N7CCC(=O)NC7=O)c6)CC5)CC4)cccc32)nn2c(C(=O)N[C@@H]3C[C@@H]3F)cnc12. The highest BCUT2D eigenvalue weighted by Crippen LogP contribution is 2.41. The van der Waals surface area contributed by atoms with Crippen LogP contribution >= 0.6 is 11.6 Å². The van der Waals surface area contributed by atoms with Crippen molar-refractivity contribution in [3.63, 3.8) is 0 Å². The predicted octanol–water partition coefficient (Wildman–Crippen LogP) is 5.14. The normalized spacial score (nSPS) is 21.8. The van der Waals surface area contributed by atoms with Gasteiger partial charge in [0.25, 0.3) is 11.8 Å². The molecule has 9 rings (SSSR count). The molecule has 5 aliphatic rings. The van der Waals surface area contributed by atoms with Crippen molar-refractivity contribution in [3.05, 3.63) is 76.1 Å². The summed E-state index contributed by atoms with van der Waals surface area (Å²) in [6.45, 7) is 5.42. The molecule has 0 bridgehead atoms. The van der Waals surface area contributed by atoms with Crippen molar-refractivity contribution in [1.29, 1.82) is 0 Å². The lowest BCUT2D eigenvalue weighted by atomic mass is 9.85. The first-order chi connectivity index (χ1) is 27.6. The van der Waals surface area contributed by atoms with Crippen molar-refractivity contribution in [2.45, 2.75) is 63.1 Å². The van der Waals surface area contributed by atoms with Gasteiger partial charge < -0.3 is 25.3 Å². The summed E-state index contributed by atoms with van der Waals surface area (Å²) >= 11 is 6.42. The first kappa shape index (κ1) is 37.3. The molecule has 0 radical (unpaired) electrons. The van der Waals surface area contributed by atoms with E-state index in [0.717, 1.165) is 75.5 Å². The van der Waals surface area contributed by atoms with Gasteiger partial charge in [0.1, 0.15) is 6.17 Å². The fourth-order valence-corrected chi connectivity index (χ4v) is 9.22. The number of likely N-dealkylation sites (tertiary alicyclic amines) is 2. The van der Waals surface area contributed by atoms with E-state index in [9.17, 15) is 23.6 Å². The number of aromatic nitrogens is 3. The summed E-state index contributed by atoms with van der Waals surface area (Å²) in [5.74, 6) is 0.913. The lowest BCUT2D eigenvalue weighted by Crippen LogP contribution is -2.49. The van der Waals surface area contributed by atoms with Crippen LogP contribution in [0.4, 0.5) is 32.1 Å². The third kappa shape index (κ3) is 7.27. The summed E-state index contributed by atoms with van der Waals surface area (Å²) in [5.41, 5.74) is 6.38. The molecule has 2 aromatic heterocycles. The van der Waals surface area contributed by atoms with Crippen LogP contribution < -0.4 is 25.8 Å². The second kappa shape index (κ2) is 15.2. The Bertz CT molecular complexity index is 2250. The molecule has 4 aromatic rings. The van der Waals surface area contributed by atoms with Crippen LogP contribution in [0.5, 0.6) is 0 Å². The first-order valence-electron chi connectivity index (χ1n) is 20.0. The van der Waals surface area contributed by atoms with Crippen molar-refractivity contribution in [3.8, 4) is 0 Å². The Balaban J connectivity index is 0.807. The van der Waals surface area contributed by atoms with Crippen molar-refractivity contribution in [1.82, 2.24) is 35.0 Å². The average Bonchev–Trinajstić information content (AvgIpc) is 3.54. The minimum absolute atomic E-state index is 0.0753. The van der Waals surface area contributed by atoms with Crippen LogP contribution in [0.2, 0.25) is 5.02 Å². The van der Waals surface area contributed by atoms with Crippen LogP contribution in [-0.4, -0.2) is 113 Å². The van der Waals surface area contributed by atoms with E-state index >= 15 is 0 Å². The number of amides is 5. The van der Waals surface area contributed by atoms with Crippen LogP contribution in [0.1, 0.15) is 76.4 Å². The van der Waals surface area contributed by atoms with Gasteiger partial charge in [-0.3, -0.25) is 24.6 Å². The van der Waals surface area contributed by atoms with Crippen LogP contribution in [0.3, 0.4) is 0 Å². The standard InChI is InChI=1S/C41H46ClFN10O4/c1-44-32-21-36(48-53-35(22-45-38(32)53)39(55)46-31-20-30(31)43)51-17-11-28-27(3-2-4-33(28)51)25-9-13-49(14-10-25)23-24-7-15-50(16-8-24)40(56)26-5-6-29(42)34(19-26)52-18-12-37(54)47-41(52)57/h2-6,19,21-22,24-25,30-31,44H,7-18,20,23H2,1H3,(H,46,55)(H,47,54,57)/t30-,31+/m0/s1. The van der Waals surface area contributed by atoms with Gasteiger partial charge in [0.15, 0.2) is 17.2 Å². The number of anilines is 4. The monoisotopic (exact) mass is 796 g/mol. The third-order valence-electron chi connectivity index (χ3n) is 12.3. The zero-order valence-corrected chi connectivity index (χ0v) is 32.6. The number of benzene rings is 2. The minimum Gasteiger partial charge on any atom is -0.385 e. The summed E-state index contributed by atoms with van der Waals surface area (Å²) in [6.07, 6.45) is 5.95. The van der Waals surface area contributed by atoms with Gasteiger partial charge in [0.05, 0.1) is 28.6 Å². The van der Waals surface area contributed by atoms with Crippen molar-refractivity contribution in [2.24, 2.45) is 5.92 Å². The lowest BCUT2D eigenvalue weighted by molar-refractivity contribution is -0.120. The van der Waals surface area contributed by atoms with Gasteiger partial charge in [-0.2, -0.15) is 0 Å². The molecule has 4 fully saturated rings. The molecule has 14 nitrogen and oxygen atoms in total. The van der Waals surface area contributed by atoms with E-state index in [0.29, 0.717) is 53.3 Å². The lowest BCUT2D eigenvalue weighted by Gasteiger charge is -2.38. The number of piperidine rings is 2. The van der Waals surface area contributed by atoms with E-state index in [-0.39, 0.29) is 36.4 Å². The molecule has 1 aliphatic carbocycles. The Morgan fingerprint density at radius 2 is 1.72 bits per heavy atom. The smallest absolute Gasteiger partial charge is 0.328 e. The Morgan fingerprint density at radius 1 is 0.947 bits per heavy atom. The number of hydrogen-bond acceptors (Lipinski definition) is 9. The molecular formula is C41H46ClFN10O4. The molecule has 5 amide bonds. The van der Waals surface area contributed by atoms with E-state index in [1.165, 1.54) is 22.2 Å². The number of nitrogens with zero attached hydrogens (tertiary/aromatic N) is 7. The van der Waals surface area contributed by atoms with E-state index in [2.05, 4.69) is 48.9 Å². The summed E-state index contributed by atoms with van der Waals surface area (Å²) in [4.78, 5) is 63.2. The van der Waals surface area contributed by atoms with Crippen LogP contribution in [0.15, 0.2) is 48.7 Å². The quantitative estimate of drug-likeness (QED) is 0.210. The topological polar surface area (TPSA) is 148 Å². The maximum atomic E-state index is 13.6. The number of hydrogen-bond donors (Lipinski definition) is 3. The maximum absolute atomic E-state index is 13.6. The molecule has 16 heteroatoms. The van der Waals surface area contributed by atoms with Crippen LogP contribution in [0.25, 0.3) is 5.65 Å². The minimum atomic E-state index is -0.998. The number of halogens is 2. The summed E-state index contributed by atoms with van der Waals surface area (Å²) in [5, 5.41) is 13.5. The van der Waals surface area contributed by atoms with Crippen LogP contribution in [0, 0.1) is 5.92 Å². The highest BCUT2D eigenvalue weighted by Gasteiger charge is 2.39. The third-order valence-corrected chi connectivity index (χ3v) is 12.6. The van der Waals surface area contributed by atoms with Gasteiger partial charge in [-0.1, -0.05) is 23.7 Å². The largest absolute Gasteiger partial charge is 0.385 e. The fourth-order valence-electron chi connectivity index (χ4n) is 9.00. The zero-order valence-electron chi connectivity index (χ0n) is 31.8. The van der Waals surface area contributed by atoms with E-state index in [1.807, 2.05) is 18.0 Å². The predicted molar refractivity (Wildman–Crippen MR) is 214 cm³/mol. The highest BCUT2D eigenvalue weighted by molar-refractivity contribution is 6.34. The number of nitrogens with one attached hydrogen (secondary N) is 3. The molecule has 1 saturated carbocycles. The molecule has 57 heavy (non-hydrogen) atoms. The molecule has 6 heterocycles. The van der Waals surface area contributed by atoms with E-state index in [1.54, 1.807) is 22.7 Å². The first-order valence-corrected chi connectivity index (χ1v) is 20.4. The molecule has 3 N–H and O–H groups in total. The van der Waals surface area contributed by atoms with Gasteiger partial charge in [-0.25, -0.2) is 18.7 Å². The molecule has 4 aliphatic heterocycles. The maximum Gasteiger partial charge on any atom is 0.328 e. The molecular weight excluding hydrogens is 751 g/mol. The summed E-state index contributed by atoms with van der Waals surface area (Å²) in [6, 6.07) is 12.6. The number of fused-ring (bicyclic) bond motifs is 2. The number of rotatable bonds is 9.